The van der Waals surface area contributed by atoms with Gasteiger partial charge in [0.05, 0.1) is 44.8 Å². The molecule has 0 aliphatic heterocycles. The van der Waals surface area contributed by atoms with Crippen LogP contribution in [0, 0.1) is 0 Å². The number of hydrogen-bond donors (Lipinski definition) is 0. The largest absolute Gasteiger partial charge is 0.309 e. The Hall–Kier alpha value is -6.98. The minimum Gasteiger partial charge on any atom is -0.309 e. The summed E-state index contributed by atoms with van der Waals surface area (Å²) in [5.74, 6) is 0. The number of aromatic nitrogens is 2. The molecule has 3 aromatic heterocycles. The molecule has 0 saturated heterocycles. The molecule has 12 rings (SSSR count). The Kier molecular flexibility index (Phi) is 5.69. The SMILES string of the molecule is [2H]c1c([2H])c([2H])c2c(sc3c(-n4c5ccccc5c5ccccc54)c([2H])c4c5c([2H])c([2H])c([2H])c([2H])c5n(-c5cccc([Si](c6ccccc6)(c6ccccc6)c6ccccc6)c5)c4c32)c1[2H]. The van der Waals surface area contributed by atoms with E-state index < -0.39 is 26.2 Å². The van der Waals surface area contributed by atoms with Gasteiger partial charge in [-0.05, 0) is 63.1 Å². The number of rotatable bonds is 6. The monoisotopic (exact) mass is 781 g/mol. The quantitative estimate of drug-likeness (QED) is 0.117. The highest BCUT2D eigenvalue weighted by molar-refractivity contribution is 7.26. The molecule has 0 saturated carbocycles. The van der Waals surface area contributed by atoms with Crippen LogP contribution in [-0.4, -0.2) is 17.2 Å². The smallest absolute Gasteiger partial charge is 0.179 e. The van der Waals surface area contributed by atoms with Crippen LogP contribution in [0.4, 0.5) is 0 Å². The predicted molar refractivity (Wildman–Crippen MR) is 252 cm³/mol. The lowest BCUT2D eigenvalue weighted by molar-refractivity contribution is 1.18. The zero-order chi connectivity index (χ0) is 46.0. The normalized spacial score (nSPS) is 14.3. The van der Waals surface area contributed by atoms with E-state index in [0.29, 0.717) is 31.7 Å². The van der Waals surface area contributed by atoms with Gasteiger partial charge in [0.1, 0.15) is 0 Å². The number of benzene rings is 9. The van der Waals surface area contributed by atoms with Gasteiger partial charge in [0.25, 0.3) is 0 Å². The molecule has 0 bridgehead atoms. The van der Waals surface area contributed by atoms with E-state index in [-0.39, 0.29) is 57.9 Å². The number of thiophene rings is 1. The molecule has 0 aliphatic carbocycles. The summed E-state index contributed by atoms with van der Waals surface area (Å²) in [7, 11) is -3.15. The molecule has 3 heterocycles. The maximum atomic E-state index is 10.5. The lowest BCUT2D eigenvalue weighted by Crippen LogP contribution is -2.74. The molecule has 0 radical (unpaired) electrons. The maximum Gasteiger partial charge on any atom is 0.179 e. The fourth-order valence-corrected chi connectivity index (χ4v) is 15.2. The van der Waals surface area contributed by atoms with E-state index in [4.69, 9.17) is 5.48 Å². The van der Waals surface area contributed by atoms with Gasteiger partial charge in [-0.25, -0.2) is 0 Å². The van der Waals surface area contributed by atoms with Crippen molar-refractivity contribution in [3.05, 3.63) is 218 Å². The van der Waals surface area contributed by atoms with Crippen LogP contribution in [0.2, 0.25) is 0 Å². The van der Waals surface area contributed by atoms with Crippen LogP contribution in [0.1, 0.15) is 12.3 Å². The van der Waals surface area contributed by atoms with Crippen molar-refractivity contribution in [1.82, 2.24) is 9.13 Å². The molecular weight excluding hydrogens is 737 g/mol. The summed E-state index contributed by atoms with van der Waals surface area (Å²) in [6, 6.07) is 52.7. The average Bonchev–Trinajstić information content (AvgIpc) is 4.05. The van der Waals surface area contributed by atoms with Crippen molar-refractivity contribution in [2.24, 2.45) is 0 Å². The Morgan fingerprint density at radius 1 is 0.431 bits per heavy atom. The van der Waals surface area contributed by atoms with E-state index in [1.807, 2.05) is 88.0 Å². The van der Waals surface area contributed by atoms with Gasteiger partial charge < -0.3 is 9.13 Å². The highest BCUT2D eigenvalue weighted by atomic mass is 32.1. The predicted octanol–water partition coefficient (Wildman–Crippen LogP) is 11.6. The van der Waals surface area contributed by atoms with E-state index in [0.717, 1.165) is 42.6 Å². The maximum absolute atomic E-state index is 10.5. The zero-order valence-electron chi connectivity index (χ0n) is 39.9. The second-order valence-electron chi connectivity index (χ2n) is 14.5. The summed E-state index contributed by atoms with van der Waals surface area (Å²) in [6.45, 7) is 0. The van der Waals surface area contributed by atoms with Crippen molar-refractivity contribution < 1.29 is 12.3 Å². The van der Waals surface area contributed by atoms with Crippen molar-refractivity contribution in [1.29, 1.82) is 0 Å². The Bertz CT molecular complexity index is 3890. The summed E-state index contributed by atoms with van der Waals surface area (Å²) in [4.78, 5) is 0. The van der Waals surface area contributed by atoms with Gasteiger partial charge in [0.2, 0.25) is 0 Å². The fraction of sp³-hybridized carbons (Fsp3) is 0. The summed E-state index contributed by atoms with van der Waals surface area (Å²) < 4.78 is 89.3. The van der Waals surface area contributed by atoms with Gasteiger partial charge in [-0.3, -0.25) is 0 Å². The van der Waals surface area contributed by atoms with Crippen molar-refractivity contribution in [3.8, 4) is 11.4 Å². The Balaban J connectivity index is 1.33. The molecule has 0 amide bonds. The molecule has 0 atom stereocenters. The topological polar surface area (TPSA) is 9.86 Å². The van der Waals surface area contributed by atoms with E-state index in [2.05, 4.69) is 84.9 Å². The number of para-hydroxylation sites is 3. The van der Waals surface area contributed by atoms with Crippen molar-refractivity contribution in [2.75, 3.05) is 0 Å². The van der Waals surface area contributed by atoms with Gasteiger partial charge in [-0.2, -0.15) is 0 Å². The van der Waals surface area contributed by atoms with Gasteiger partial charge >= 0.3 is 0 Å². The average molecular weight is 782 g/mol. The summed E-state index contributed by atoms with van der Waals surface area (Å²) in [5.41, 5.74) is 3.13. The first-order valence-electron chi connectivity index (χ1n) is 23.7. The lowest BCUT2D eigenvalue weighted by atomic mass is 10.1. The van der Waals surface area contributed by atoms with Crippen LogP contribution < -0.4 is 20.7 Å². The van der Waals surface area contributed by atoms with Crippen LogP contribution in [0.15, 0.2) is 218 Å². The van der Waals surface area contributed by atoms with Gasteiger partial charge in [0, 0.05) is 42.7 Å². The standard InChI is InChI=1S/C54H36N2SSi/c1-4-20-38(21-5-1)58(39-22-6-2-7-23-39,40-24-8-3-9-25-40)41-26-18-19-37(35-41)55-47-31-14-12-29-44(47)46-36-50(54-52(53(46)55)45-30-13-17-34-51(45)57-54)56-48-32-15-10-27-42(48)43-28-11-16-33-49(43)56/h1-36H/i12D,13D,14D,17D,29D,30D,31D,34D,36D. The highest BCUT2D eigenvalue weighted by Gasteiger charge is 2.41. The number of fused-ring (bicyclic) bond motifs is 10. The molecule has 2 nitrogen and oxygen atoms in total. The Labute approximate surface area is 353 Å². The molecule has 0 fully saturated rings. The fourth-order valence-electron chi connectivity index (χ4n) is 9.26. The van der Waals surface area contributed by atoms with Gasteiger partial charge in [0.15, 0.2) is 8.07 Å². The Morgan fingerprint density at radius 2 is 0.966 bits per heavy atom. The Morgan fingerprint density at radius 3 is 1.60 bits per heavy atom. The first-order valence-corrected chi connectivity index (χ1v) is 22.0. The zero-order valence-corrected chi connectivity index (χ0v) is 32.7. The van der Waals surface area contributed by atoms with Crippen LogP contribution >= 0.6 is 11.3 Å². The van der Waals surface area contributed by atoms with E-state index in [9.17, 15) is 6.85 Å². The van der Waals surface area contributed by atoms with Crippen LogP contribution in [0.3, 0.4) is 0 Å². The lowest BCUT2D eigenvalue weighted by Gasteiger charge is -2.34. The minimum atomic E-state index is -3.15. The van der Waals surface area contributed by atoms with Crippen molar-refractivity contribution >= 4 is 104 Å². The van der Waals surface area contributed by atoms with E-state index in [1.165, 1.54) is 11.3 Å². The van der Waals surface area contributed by atoms with Crippen molar-refractivity contribution in [3.63, 3.8) is 0 Å². The molecule has 0 N–H and O–H groups in total. The first-order chi connectivity index (χ1) is 32.5. The number of nitrogens with zero attached hydrogens (tertiary/aromatic N) is 2. The van der Waals surface area contributed by atoms with Gasteiger partial charge in [-0.1, -0.05) is 176 Å². The minimum absolute atomic E-state index is 0.00216. The van der Waals surface area contributed by atoms with E-state index in [1.54, 1.807) is 0 Å². The van der Waals surface area contributed by atoms with Crippen LogP contribution in [-0.2, 0) is 0 Å². The molecule has 12 aromatic rings. The molecule has 272 valence electrons. The van der Waals surface area contributed by atoms with E-state index >= 15 is 0 Å². The third-order valence-corrected chi connectivity index (χ3v) is 17.5. The molecule has 0 spiro atoms. The highest BCUT2D eigenvalue weighted by Crippen LogP contribution is 2.47. The van der Waals surface area contributed by atoms with Gasteiger partial charge in [-0.15, -0.1) is 11.3 Å². The molecular formula is C54H36N2SSi. The number of hydrogen-bond acceptors (Lipinski definition) is 1. The summed E-state index contributed by atoms with van der Waals surface area (Å²) in [6.07, 6.45) is 0. The molecule has 9 aromatic carbocycles. The third kappa shape index (κ3) is 4.70. The summed E-state index contributed by atoms with van der Waals surface area (Å²) in [5, 5.41) is 7.41. The second-order valence-corrected chi connectivity index (χ2v) is 19.4. The molecule has 0 aliphatic rings. The first kappa shape index (κ1) is 25.3. The van der Waals surface area contributed by atoms with Crippen LogP contribution in [0.25, 0.3) is 75.2 Å². The summed E-state index contributed by atoms with van der Waals surface area (Å²) >= 11 is 1.20. The molecule has 4 heteroatoms. The van der Waals surface area contributed by atoms with Crippen LogP contribution in [0.5, 0.6) is 0 Å². The van der Waals surface area contributed by atoms with Crippen molar-refractivity contribution in [2.45, 2.75) is 0 Å². The molecule has 58 heavy (non-hydrogen) atoms. The second kappa shape index (κ2) is 13.0. The third-order valence-electron chi connectivity index (χ3n) is 11.6. The molecule has 0 unspecified atom stereocenters.